The van der Waals surface area contributed by atoms with Crippen molar-refractivity contribution in [3.8, 4) is 0 Å². The number of nitrogens with one attached hydrogen (secondary N) is 1. The smallest absolute Gasteiger partial charge is 0.0631 e. The van der Waals surface area contributed by atoms with Crippen LogP contribution < -0.4 is 5.32 Å². The van der Waals surface area contributed by atoms with E-state index in [0.29, 0.717) is 11.8 Å². The molecule has 1 N–H and O–H groups in total. The van der Waals surface area contributed by atoms with Crippen molar-refractivity contribution in [2.75, 3.05) is 13.1 Å². The van der Waals surface area contributed by atoms with Crippen LogP contribution in [0.1, 0.15) is 31.0 Å². The predicted molar refractivity (Wildman–Crippen MR) is 88.8 cm³/mol. The van der Waals surface area contributed by atoms with Crippen LogP contribution in [0.5, 0.6) is 0 Å². The van der Waals surface area contributed by atoms with Crippen LogP contribution in [-0.2, 0) is 13.5 Å². The van der Waals surface area contributed by atoms with Gasteiger partial charge in [0.15, 0.2) is 0 Å². The van der Waals surface area contributed by atoms with Gasteiger partial charge >= 0.3 is 0 Å². The Labute approximate surface area is 132 Å². The Kier molecular flexibility index (Phi) is 5.83. The van der Waals surface area contributed by atoms with E-state index in [1.165, 1.54) is 5.56 Å². The van der Waals surface area contributed by atoms with Crippen molar-refractivity contribution in [2.24, 2.45) is 13.0 Å². The van der Waals surface area contributed by atoms with Crippen LogP contribution in [-0.4, -0.2) is 22.9 Å². The Morgan fingerprint density at radius 1 is 1.19 bits per heavy atom. The second-order valence-electron chi connectivity index (χ2n) is 5.96. The highest BCUT2D eigenvalue weighted by molar-refractivity contribution is 6.31. The van der Waals surface area contributed by atoms with E-state index in [0.717, 1.165) is 30.2 Å². The molecule has 0 saturated carbocycles. The van der Waals surface area contributed by atoms with Crippen LogP contribution in [0.3, 0.4) is 0 Å². The van der Waals surface area contributed by atoms with Gasteiger partial charge in [0.05, 0.1) is 5.69 Å². The van der Waals surface area contributed by atoms with Crippen LogP contribution in [0.4, 0.5) is 0 Å². The summed E-state index contributed by atoms with van der Waals surface area (Å²) in [5, 5.41) is 8.88. The fourth-order valence-corrected chi connectivity index (χ4v) is 2.76. The first kappa shape index (κ1) is 16.1. The molecule has 2 rings (SSSR count). The number of aryl methyl sites for hydroxylation is 1. The Morgan fingerprint density at radius 2 is 1.95 bits per heavy atom. The third kappa shape index (κ3) is 4.87. The van der Waals surface area contributed by atoms with Gasteiger partial charge in [-0.2, -0.15) is 5.10 Å². The molecule has 0 fully saturated rings. The van der Waals surface area contributed by atoms with Gasteiger partial charge in [0, 0.05) is 30.7 Å². The summed E-state index contributed by atoms with van der Waals surface area (Å²) in [7, 11) is 1.95. The summed E-state index contributed by atoms with van der Waals surface area (Å²) in [5.41, 5.74) is 2.30. The molecular formula is C17H24ClN3. The largest absolute Gasteiger partial charge is 0.316 e. The zero-order valence-corrected chi connectivity index (χ0v) is 13.8. The molecule has 0 aliphatic heterocycles. The maximum Gasteiger partial charge on any atom is 0.0631 e. The molecule has 1 aromatic carbocycles. The molecule has 1 atom stereocenters. The molecular weight excluding hydrogens is 282 g/mol. The van der Waals surface area contributed by atoms with Crippen molar-refractivity contribution >= 4 is 11.6 Å². The van der Waals surface area contributed by atoms with E-state index in [4.69, 9.17) is 11.6 Å². The van der Waals surface area contributed by atoms with Crippen LogP contribution in [0, 0.1) is 5.92 Å². The molecule has 1 heterocycles. The number of aromatic nitrogens is 2. The molecule has 4 heteroatoms. The highest BCUT2D eigenvalue weighted by Gasteiger charge is 2.16. The number of hydrogen-bond donors (Lipinski definition) is 1. The molecule has 0 spiro atoms. The topological polar surface area (TPSA) is 29.9 Å². The third-order valence-electron chi connectivity index (χ3n) is 3.51. The van der Waals surface area contributed by atoms with Crippen molar-refractivity contribution in [1.82, 2.24) is 15.1 Å². The van der Waals surface area contributed by atoms with E-state index in [1.807, 2.05) is 30.1 Å². The van der Waals surface area contributed by atoms with Gasteiger partial charge < -0.3 is 5.32 Å². The first-order valence-electron chi connectivity index (χ1n) is 7.50. The lowest BCUT2D eigenvalue weighted by atomic mass is 9.94. The van der Waals surface area contributed by atoms with Gasteiger partial charge in [-0.3, -0.25) is 4.68 Å². The maximum absolute atomic E-state index is 6.38. The Hall–Kier alpha value is -1.32. The third-order valence-corrected chi connectivity index (χ3v) is 3.86. The molecule has 0 aliphatic carbocycles. The van der Waals surface area contributed by atoms with E-state index in [1.54, 1.807) is 0 Å². The summed E-state index contributed by atoms with van der Waals surface area (Å²) in [5.74, 6) is 0.985. The van der Waals surface area contributed by atoms with Crippen molar-refractivity contribution < 1.29 is 0 Å². The Morgan fingerprint density at radius 3 is 2.57 bits per heavy atom. The monoisotopic (exact) mass is 305 g/mol. The molecule has 2 aromatic rings. The average Bonchev–Trinajstić information content (AvgIpc) is 2.83. The summed E-state index contributed by atoms with van der Waals surface area (Å²) >= 11 is 6.38. The number of nitrogens with zero attached hydrogens (tertiary/aromatic N) is 2. The van der Waals surface area contributed by atoms with E-state index in [9.17, 15) is 0 Å². The van der Waals surface area contributed by atoms with Crippen molar-refractivity contribution in [3.63, 3.8) is 0 Å². The minimum atomic E-state index is 0.340. The zero-order chi connectivity index (χ0) is 15.2. The van der Waals surface area contributed by atoms with Crippen LogP contribution in [0.25, 0.3) is 0 Å². The van der Waals surface area contributed by atoms with Crippen LogP contribution in [0.15, 0.2) is 36.5 Å². The second kappa shape index (κ2) is 7.62. The number of benzene rings is 1. The Bertz CT molecular complexity index is 563. The summed E-state index contributed by atoms with van der Waals surface area (Å²) < 4.78 is 1.85. The van der Waals surface area contributed by atoms with E-state index in [-0.39, 0.29) is 0 Å². The fraction of sp³-hybridized carbons (Fsp3) is 0.471. The van der Waals surface area contributed by atoms with Gasteiger partial charge in [0.25, 0.3) is 0 Å². The standard InChI is InChI=1S/C17H24ClN3/c1-13(2)11-19-12-14(10-15-8-9-21(3)20-15)16-6-4-5-7-17(16)18/h4-9,13-14,19H,10-12H2,1-3H3. The average molecular weight is 306 g/mol. The second-order valence-corrected chi connectivity index (χ2v) is 6.36. The lowest BCUT2D eigenvalue weighted by molar-refractivity contribution is 0.511. The zero-order valence-electron chi connectivity index (χ0n) is 13.0. The normalized spacial score (nSPS) is 12.8. The number of rotatable bonds is 7. The summed E-state index contributed by atoms with van der Waals surface area (Å²) in [4.78, 5) is 0. The van der Waals surface area contributed by atoms with Gasteiger partial charge in [-0.05, 0) is 36.6 Å². The van der Waals surface area contributed by atoms with Gasteiger partial charge in [-0.15, -0.1) is 0 Å². The molecule has 21 heavy (non-hydrogen) atoms. The molecule has 114 valence electrons. The van der Waals surface area contributed by atoms with Gasteiger partial charge in [-0.1, -0.05) is 43.6 Å². The Balaban J connectivity index is 2.12. The first-order valence-corrected chi connectivity index (χ1v) is 7.87. The van der Waals surface area contributed by atoms with E-state index < -0.39 is 0 Å². The first-order chi connectivity index (χ1) is 10.1. The minimum Gasteiger partial charge on any atom is -0.316 e. The fourth-order valence-electron chi connectivity index (χ4n) is 2.47. The van der Waals surface area contributed by atoms with Gasteiger partial charge in [0.2, 0.25) is 0 Å². The van der Waals surface area contributed by atoms with Gasteiger partial charge in [0.1, 0.15) is 0 Å². The highest BCUT2D eigenvalue weighted by Crippen LogP contribution is 2.26. The molecule has 0 amide bonds. The lowest BCUT2D eigenvalue weighted by Crippen LogP contribution is -2.26. The summed E-state index contributed by atoms with van der Waals surface area (Å²) in [6, 6.07) is 10.2. The van der Waals surface area contributed by atoms with Gasteiger partial charge in [-0.25, -0.2) is 0 Å². The molecule has 0 aliphatic rings. The molecule has 1 aromatic heterocycles. The van der Waals surface area contributed by atoms with Crippen molar-refractivity contribution in [2.45, 2.75) is 26.2 Å². The summed E-state index contributed by atoms with van der Waals surface area (Å²) in [6.07, 6.45) is 2.89. The molecule has 0 bridgehead atoms. The quantitative estimate of drug-likeness (QED) is 0.846. The van der Waals surface area contributed by atoms with Crippen molar-refractivity contribution in [3.05, 3.63) is 52.8 Å². The lowest BCUT2D eigenvalue weighted by Gasteiger charge is -2.19. The molecule has 0 saturated heterocycles. The maximum atomic E-state index is 6.38. The minimum absolute atomic E-state index is 0.340. The van der Waals surface area contributed by atoms with Crippen LogP contribution in [0.2, 0.25) is 5.02 Å². The van der Waals surface area contributed by atoms with E-state index >= 15 is 0 Å². The number of hydrogen-bond acceptors (Lipinski definition) is 2. The van der Waals surface area contributed by atoms with Crippen molar-refractivity contribution in [1.29, 1.82) is 0 Å². The highest BCUT2D eigenvalue weighted by atomic mass is 35.5. The molecule has 0 radical (unpaired) electrons. The predicted octanol–water partition coefficient (Wildman–Crippen LogP) is 3.65. The number of halogens is 1. The SMILES string of the molecule is CC(C)CNCC(Cc1ccn(C)n1)c1ccccc1Cl. The van der Waals surface area contributed by atoms with E-state index in [2.05, 4.69) is 42.5 Å². The van der Waals surface area contributed by atoms with Crippen LogP contribution >= 0.6 is 11.6 Å². The summed E-state index contributed by atoms with van der Waals surface area (Å²) in [6.45, 7) is 6.37. The molecule has 1 unspecified atom stereocenters. The molecule has 3 nitrogen and oxygen atoms in total.